The number of hydrogen-bond donors (Lipinski definition) is 0. The van der Waals surface area contributed by atoms with Gasteiger partial charge < -0.3 is 18.0 Å². The number of hydrogen-bond acceptors (Lipinski definition) is 8. The third-order valence-corrected chi connectivity index (χ3v) is 21.3. The minimum absolute atomic E-state index is 0.631. The number of nitrogens with zero attached hydrogens (tertiary/aromatic N) is 8. The van der Waals surface area contributed by atoms with Gasteiger partial charge >= 0.3 is 0 Å². The monoisotopic (exact) mass is 1430 g/mol. The summed E-state index contributed by atoms with van der Waals surface area (Å²) in [6, 6.07) is 135. The van der Waals surface area contributed by atoms with Crippen LogP contribution in [0.5, 0.6) is 0 Å². The lowest BCUT2D eigenvalue weighted by atomic mass is 9.98. The predicted octanol–water partition coefficient (Wildman–Crippen LogP) is 26.4. The molecule has 0 atom stereocenters. The highest BCUT2D eigenvalue weighted by molar-refractivity contribution is 6.17. The second-order valence-electron chi connectivity index (χ2n) is 28.1. The van der Waals surface area contributed by atoms with Crippen molar-refractivity contribution in [1.29, 1.82) is 0 Å². The maximum Gasteiger partial charge on any atom is 0.164 e. The van der Waals surface area contributed by atoms with Crippen molar-refractivity contribution in [3.05, 3.63) is 388 Å². The maximum atomic E-state index is 6.27. The average Bonchev–Trinajstić information content (AvgIpc) is 1.58. The van der Waals surface area contributed by atoms with Gasteiger partial charge in [0.05, 0.1) is 22.1 Å². The largest absolute Gasteiger partial charge is 0.456 e. The van der Waals surface area contributed by atoms with Crippen LogP contribution in [-0.4, -0.2) is 39.0 Å². The van der Waals surface area contributed by atoms with Crippen molar-refractivity contribution < 1.29 is 8.83 Å². The van der Waals surface area contributed by atoms with E-state index in [4.69, 9.17) is 38.7 Å². The van der Waals surface area contributed by atoms with Crippen molar-refractivity contribution in [2.24, 2.45) is 0 Å². The van der Waals surface area contributed by atoms with Gasteiger partial charge in [-0.15, -0.1) is 0 Å². The number of aromatic nitrogens is 8. The highest BCUT2D eigenvalue weighted by Crippen LogP contribution is 2.44. The average molecular weight is 1430 g/mol. The van der Waals surface area contributed by atoms with Gasteiger partial charge in [-0.05, 0) is 123 Å². The van der Waals surface area contributed by atoms with Crippen LogP contribution < -0.4 is 0 Å². The minimum atomic E-state index is 0.631. The topological polar surface area (TPSA) is 113 Å². The van der Waals surface area contributed by atoms with Crippen molar-refractivity contribution in [3.8, 4) is 124 Å². The third kappa shape index (κ3) is 11.7. The fourth-order valence-corrected chi connectivity index (χ4v) is 16.0. The SMILES string of the molecule is c1ccc(-c2nc(-c3ccccc3)nc(-c3ccc(-c4cccc(-n5c6ccccc6c6ccc(-c7cccc8oc9ccccc9c78)cc65)c4)cc3)n2)cc1.c1ccc(-c2nc(-c3ccccc3)nc(-c3cccc(-c4cccc(-n5c6ccccc6c6ccc(-c7cccc8oc9ccccc9c78)cc65)c4)c3)n2)cc1. The number of fused-ring (bicyclic) bond motifs is 12. The van der Waals surface area contributed by atoms with Crippen LogP contribution >= 0.6 is 0 Å². The Hall–Kier alpha value is -15.3. The van der Waals surface area contributed by atoms with Gasteiger partial charge in [-0.25, -0.2) is 29.9 Å². The van der Waals surface area contributed by atoms with E-state index in [1.807, 2.05) is 146 Å². The Balaban J connectivity index is 0.000000141. The molecular formula is C102H64N8O2. The lowest BCUT2D eigenvalue weighted by Crippen LogP contribution is -2.00. The predicted molar refractivity (Wildman–Crippen MR) is 457 cm³/mol. The van der Waals surface area contributed by atoms with Gasteiger partial charge in [0, 0.05) is 87.8 Å². The molecule has 524 valence electrons. The first-order chi connectivity index (χ1) is 55.5. The number of benzene rings is 16. The van der Waals surface area contributed by atoms with Gasteiger partial charge in [0.15, 0.2) is 34.9 Å². The standard InChI is InChI=1S/2C51H32N4O/c1-3-14-33(15-4-1)49-52-50(34-16-5-2-6-17-34)54-51(53-49)38-20-11-18-35(30-38)36-19-12-21-39(31-36)55-44-25-9-7-22-41(44)42-29-28-37(32-45(42)55)40-24-13-27-47-48(40)43-23-8-10-26-46(43)56-47;1-3-13-34(14-4-1)49-52-50(35-15-5-2-6-16-35)54-51(53-49)36-27-25-33(26-28-36)37-17-11-18-39(31-37)55-44-22-9-7-19-41(44)42-30-29-38(32-45(42)55)40-21-12-24-47-48(40)43-20-8-10-23-46(43)56-47/h2*1-32H. The van der Waals surface area contributed by atoms with Crippen molar-refractivity contribution >= 4 is 87.5 Å². The molecule has 0 amide bonds. The van der Waals surface area contributed by atoms with E-state index in [0.717, 1.165) is 155 Å². The number of furan rings is 2. The van der Waals surface area contributed by atoms with Gasteiger partial charge in [0.2, 0.25) is 0 Å². The molecule has 16 aromatic carbocycles. The van der Waals surface area contributed by atoms with Crippen molar-refractivity contribution in [2.75, 3.05) is 0 Å². The first-order valence-corrected chi connectivity index (χ1v) is 37.5. The molecule has 22 aromatic rings. The summed E-state index contributed by atoms with van der Waals surface area (Å²) < 4.78 is 17.3. The third-order valence-electron chi connectivity index (χ3n) is 21.3. The summed E-state index contributed by atoms with van der Waals surface area (Å²) in [4.78, 5) is 29.6. The van der Waals surface area contributed by atoms with E-state index < -0.39 is 0 Å². The summed E-state index contributed by atoms with van der Waals surface area (Å²) in [5, 5.41) is 9.38. The highest BCUT2D eigenvalue weighted by Gasteiger charge is 2.22. The maximum absolute atomic E-state index is 6.27. The van der Waals surface area contributed by atoms with Crippen LogP contribution in [0.2, 0.25) is 0 Å². The van der Waals surface area contributed by atoms with E-state index in [1.165, 1.54) is 21.5 Å². The van der Waals surface area contributed by atoms with E-state index in [1.54, 1.807) is 0 Å². The van der Waals surface area contributed by atoms with Gasteiger partial charge in [0.25, 0.3) is 0 Å². The van der Waals surface area contributed by atoms with Crippen LogP contribution in [0.1, 0.15) is 0 Å². The van der Waals surface area contributed by atoms with Crippen LogP contribution in [0.15, 0.2) is 397 Å². The Labute approximate surface area is 643 Å². The molecule has 0 saturated carbocycles. The molecular weight excluding hydrogens is 1370 g/mol. The molecule has 0 bridgehead atoms. The molecule has 0 saturated heterocycles. The van der Waals surface area contributed by atoms with Crippen molar-refractivity contribution in [3.63, 3.8) is 0 Å². The summed E-state index contributed by atoms with van der Waals surface area (Å²) in [5.41, 5.74) is 25.0. The van der Waals surface area contributed by atoms with Gasteiger partial charge in [-0.1, -0.05) is 309 Å². The first kappa shape index (κ1) is 65.1. The molecule has 0 unspecified atom stereocenters. The summed E-state index contributed by atoms with van der Waals surface area (Å²) in [6.07, 6.45) is 0. The molecule has 0 spiro atoms. The first-order valence-electron chi connectivity index (χ1n) is 37.5. The van der Waals surface area contributed by atoms with Crippen LogP contribution in [0, 0.1) is 0 Å². The van der Waals surface area contributed by atoms with Gasteiger partial charge in [-0.3, -0.25) is 0 Å². The van der Waals surface area contributed by atoms with Crippen LogP contribution in [0.4, 0.5) is 0 Å². The van der Waals surface area contributed by atoms with Crippen molar-refractivity contribution in [1.82, 2.24) is 39.0 Å². The summed E-state index contributed by atoms with van der Waals surface area (Å²) in [6.45, 7) is 0. The quantitative estimate of drug-likeness (QED) is 0.119. The number of rotatable bonds is 12. The van der Waals surface area contributed by atoms with Gasteiger partial charge in [-0.2, -0.15) is 0 Å². The Kier molecular flexibility index (Phi) is 16.0. The van der Waals surface area contributed by atoms with Crippen LogP contribution in [0.3, 0.4) is 0 Å². The Bertz CT molecular complexity index is 7260. The summed E-state index contributed by atoms with van der Waals surface area (Å²) in [5.74, 6) is 3.85. The normalized spacial score (nSPS) is 11.6. The lowest BCUT2D eigenvalue weighted by Gasteiger charge is -2.12. The smallest absolute Gasteiger partial charge is 0.164 e. The zero-order valence-electron chi connectivity index (χ0n) is 60.3. The fourth-order valence-electron chi connectivity index (χ4n) is 16.0. The molecule has 10 nitrogen and oxygen atoms in total. The fraction of sp³-hybridized carbons (Fsp3) is 0. The summed E-state index contributed by atoms with van der Waals surface area (Å²) in [7, 11) is 0. The van der Waals surface area contributed by atoms with E-state index in [0.29, 0.717) is 34.9 Å². The number of para-hydroxylation sites is 4. The second-order valence-corrected chi connectivity index (χ2v) is 28.1. The molecule has 0 aliphatic heterocycles. The molecule has 10 heteroatoms. The van der Waals surface area contributed by atoms with Gasteiger partial charge in [0.1, 0.15) is 22.3 Å². The Morgan fingerprint density at radius 3 is 0.884 bits per heavy atom. The van der Waals surface area contributed by atoms with E-state index >= 15 is 0 Å². The molecule has 6 aromatic heterocycles. The van der Waals surface area contributed by atoms with Crippen LogP contribution in [-0.2, 0) is 0 Å². The van der Waals surface area contributed by atoms with Crippen molar-refractivity contribution in [2.45, 2.75) is 0 Å². The zero-order valence-corrected chi connectivity index (χ0v) is 60.3. The minimum Gasteiger partial charge on any atom is -0.456 e. The molecule has 22 rings (SSSR count). The Morgan fingerprint density at radius 2 is 0.455 bits per heavy atom. The molecule has 0 radical (unpaired) electrons. The molecule has 0 aliphatic carbocycles. The molecule has 0 N–H and O–H groups in total. The second kappa shape index (κ2) is 27.5. The van der Waals surface area contributed by atoms with E-state index in [9.17, 15) is 0 Å². The molecule has 0 aliphatic rings. The summed E-state index contributed by atoms with van der Waals surface area (Å²) >= 11 is 0. The molecule has 112 heavy (non-hydrogen) atoms. The van der Waals surface area contributed by atoms with E-state index in [-0.39, 0.29) is 0 Å². The Morgan fingerprint density at radius 1 is 0.170 bits per heavy atom. The molecule has 0 fully saturated rings. The molecule has 6 heterocycles. The van der Waals surface area contributed by atoms with Crippen LogP contribution in [0.25, 0.3) is 212 Å². The zero-order chi connectivity index (χ0) is 74.0. The highest BCUT2D eigenvalue weighted by atomic mass is 16.3. The lowest BCUT2D eigenvalue weighted by molar-refractivity contribution is 0.668. The van der Waals surface area contributed by atoms with E-state index in [2.05, 4.69) is 252 Å².